The number of aliphatic hydroxyl groups is 2. The van der Waals surface area contributed by atoms with Gasteiger partial charge in [0.15, 0.2) is 0 Å². The Morgan fingerprint density at radius 3 is 2.57 bits per heavy atom. The first kappa shape index (κ1) is 33.1. The SMILES string of the molecule is O=c1[nH]cc(C2(COCCOCCCCCCNC[C@H](O)c3ccc(O)c(CO)c3)C=CC=C(c3ccccc3)C2)c(=O)[nH]1. The van der Waals surface area contributed by atoms with Gasteiger partial charge < -0.3 is 35.1 Å². The summed E-state index contributed by atoms with van der Waals surface area (Å²) >= 11 is 0. The van der Waals surface area contributed by atoms with Crippen LogP contribution in [0.15, 0.2) is 82.5 Å². The van der Waals surface area contributed by atoms with Crippen LogP contribution in [0.1, 0.15) is 60.5 Å². The molecule has 236 valence electrons. The zero-order valence-corrected chi connectivity index (χ0v) is 25.0. The van der Waals surface area contributed by atoms with Crippen molar-refractivity contribution in [3.63, 3.8) is 0 Å². The number of nitrogens with one attached hydrogen (secondary N) is 3. The lowest BCUT2D eigenvalue weighted by Crippen LogP contribution is -2.39. The Labute approximate surface area is 257 Å². The third-order valence-corrected chi connectivity index (χ3v) is 7.84. The van der Waals surface area contributed by atoms with Crippen molar-refractivity contribution in [1.82, 2.24) is 15.3 Å². The molecule has 0 saturated heterocycles. The molecule has 1 aliphatic rings. The fourth-order valence-corrected chi connectivity index (χ4v) is 5.38. The minimum absolute atomic E-state index is 0.0221. The van der Waals surface area contributed by atoms with Gasteiger partial charge in [0, 0.05) is 35.9 Å². The van der Waals surface area contributed by atoms with Gasteiger partial charge in [-0.05, 0) is 54.6 Å². The molecule has 3 aromatic rings. The summed E-state index contributed by atoms with van der Waals surface area (Å²) in [4.78, 5) is 29.4. The normalized spacial score (nSPS) is 17.0. The van der Waals surface area contributed by atoms with Gasteiger partial charge in [-0.3, -0.25) is 9.78 Å². The molecule has 0 saturated carbocycles. The fourth-order valence-electron chi connectivity index (χ4n) is 5.38. The highest BCUT2D eigenvalue weighted by atomic mass is 16.5. The lowest BCUT2D eigenvalue weighted by atomic mass is 9.73. The number of phenols is 1. The van der Waals surface area contributed by atoms with Crippen LogP contribution in [0.5, 0.6) is 5.75 Å². The number of benzene rings is 2. The summed E-state index contributed by atoms with van der Waals surface area (Å²) in [6.45, 7) is 2.63. The molecule has 0 amide bonds. The molecule has 0 radical (unpaired) electrons. The molecule has 4 rings (SSSR count). The average molecular weight is 606 g/mol. The van der Waals surface area contributed by atoms with Crippen LogP contribution in [0.3, 0.4) is 0 Å². The molecule has 0 spiro atoms. The van der Waals surface area contributed by atoms with Crippen LogP contribution in [0.25, 0.3) is 5.57 Å². The lowest BCUT2D eigenvalue weighted by molar-refractivity contribution is 0.0319. The van der Waals surface area contributed by atoms with Crippen molar-refractivity contribution in [1.29, 1.82) is 0 Å². The standard InChI is InChI=1S/C34H43N3O7/c38-23-28-19-26(12-13-30(28)39)31(40)22-35-15-6-1-2-7-16-43-17-18-44-24-34(29-21-36-33(42)37-32(29)41)14-8-11-27(20-34)25-9-4-3-5-10-25/h3-5,8-14,19,21,31,35,38-40H,1-2,6-7,15-18,20,22-24H2,(H2,36,37,41,42)/t31-,34?/m0/s1. The van der Waals surface area contributed by atoms with Crippen molar-refractivity contribution >= 4 is 5.57 Å². The van der Waals surface area contributed by atoms with Gasteiger partial charge in [0.25, 0.3) is 5.56 Å². The lowest BCUT2D eigenvalue weighted by Gasteiger charge is -2.33. The maximum atomic E-state index is 12.8. The van der Waals surface area contributed by atoms with Crippen molar-refractivity contribution in [2.45, 2.75) is 50.2 Å². The third-order valence-electron chi connectivity index (χ3n) is 7.84. The summed E-state index contributed by atoms with van der Waals surface area (Å²) in [7, 11) is 0. The van der Waals surface area contributed by atoms with Gasteiger partial charge in [0.05, 0.1) is 32.5 Å². The first-order chi connectivity index (χ1) is 21.4. The number of allylic oxidation sites excluding steroid dienone is 3. The molecule has 0 aliphatic heterocycles. The number of hydrogen-bond acceptors (Lipinski definition) is 8. The molecule has 1 aliphatic carbocycles. The number of H-pyrrole nitrogens is 2. The fraction of sp³-hybridized carbons (Fsp3) is 0.412. The molecular weight excluding hydrogens is 562 g/mol. The monoisotopic (exact) mass is 605 g/mol. The molecule has 10 nitrogen and oxygen atoms in total. The highest BCUT2D eigenvalue weighted by Crippen LogP contribution is 2.38. The smallest absolute Gasteiger partial charge is 0.325 e. The Kier molecular flexibility index (Phi) is 12.7. The predicted molar refractivity (Wildman–Crippen MR) is 170 cm³/mol. The highest BCUT2D eigenvalue weighted by Gasteiger charge is 2.35. The predicted octanol–water partition coefficient (Wildman–Crippen LogP) is 3.46. The maximum Gasteiger partial charge on any atom is 0.325 e. The second kappa shape index (κ2) is 16.9. The van der Waals surface area contributed by atoms with Crippen LogP contribution < -0.4 is 16.6 Å². The highest BCUT2D eigenvalue weighted by molar-refractivity contribution is 5.70. The average Bonchev–Trinajstić information content (AvgIpc) is 3.03. The van der Waals surface area contributed by atoms with Crippen LogP contribution in [0, 0.1) is 0 Å². The van der Waals surface area contributed by atoms with Gasteiger partial charge in [-0.25, -0.2) is 4.79 Å². The van der Waals surface area contributed by atoms with E-state index in [0.29, 0.717) is 49.5 Å². The number of aliphatic hydroxyl groups excluding tert-OH is 2. The van der Waals surface area contributed by atoms with E-state index in [1.54, 1.807) is 12.1 Å². The number of unbranched alkanes of at least 4 members (excludes halogenated alkanes) is 3. The van der Waals surface area contributed by atoms with Crippen molar-refractivity contribution in [2.24, 2.45) is 0 Å². The van der Waals surface area contributed by atoms with Crippen molar-refractivity contribution in [2.75, 3.05) is 39.5 Å². The minimum Gasteiger partial charge on any atom is -0.508 e. The Bertz CT molecular complexity index is 1500. The van der Waals surface area contributed by atoms with Crippen LogP contribution >= 0.6 is 0 Å². The van der Waals surface area contributed by atoms with Crippen molar-refractivity contribution < 1.29 is 24.8 Å². The van der Waals surface area contributed by atoms with E-state index >= 15 is 0 Å². The zero-order valence-electron chi connectivity index (χ0n) is 25.0. The summed E-state index contributed by atoms with van der Waals surface area (Å²) in [5.74, 6) is 0.0221. The minimum atomic E-state index is -0.728. The van der Waals surface area contributed by atoms with E-state index in [4.69, 9.17) is 9.47 Å². The Hall–Kier alpha value is -3.80. The zero-order chi connectivity index (χ0) is 31.2. The van der Waals surface area contributed by atoms with Crippen molar-refractivity contribution in [3.05, 3.63) is 116 Å². The van der Waals surface area contributed by atoms with E-state index in [1.807, 2.05) is 48.6 Å². The second-order valence-electron chi connectivity index (χ2n) is 11.1. The quantitative estimate of drug-likeness (QED) is 0.120. The Morgan fingerprint density at radius 2 is 1.77 bits per heavy atom. The molecule has 1 aromatic heterocycles. The van der Waals surface area contributed by atoms with Crippen LogP contribution in [0.4, 0.5) is 0 Å². The molecule has 0 fully saturated rings. The summed E-state index contributed by atoms with van der Waals surface area (Å²) in [6, 6.07) is 14.8. The van der Waals surface area contributed by atoms with Gasteiger partial charge in [0.1, 0.15) is 5.75 Å². The second-order valence-corrected chi connectivity index (χ2v) is 11.1. The summed E-state index contributed by atoms with van der Waals surface area (Å²) in [6.07, 6.45) is 11.3. The Balaban J connectivity index is 1.12. The van der Waals surface area contributed by atoms with Crippen LogP contribution in [-0.2, 0) is 21.5 Å². The maximum absolute atomic E-state index is 12.8. The van der Waals surface area contributed by atoms with E-state index in [1.165, 1.54) is 12.3 Å². The molecule has 2 aromatic carbocycles. The molecule has 6 N–H and O–H groups in total. The summed E-state index contributed by atoms with van der Waals surface area (Å²) in [5, 5.41) is 32.5. The largest absolute Gasteiger partial charge is 0.508 e. The van der Waals surface area contributed by atoms with Gasteiger partial charge in [0.2, 0.25) is 0 Å². The Morgan fingerprint density at radius 1 is 0.977 bits per heavy atom. The number of aromatic hydroxyl groups is 1. The van der Waals surface area contributed by atoms with Crippen molar-refractivity contribution in [3.8, 4) is 5.75 Å². The van der Waals surface area contributed by atoms with E-state index in [9.17, 15) is 24.9 Å². The number of hydrogen-bond donors (Lipinski definition) is 6. The molecular formula is C34H43N3O7. The summed E-state index contributed by atoms with van der Waals surface area (Å²) < 4.78 is 11.8. The van der Waals surface area contributed by atoms with E-state index in [-0.39, 0.29) is 19.0 Å². The van der Waals surface area contributed by atoms with Gasteiger partial charge in [-0.1, -0.05) is 67.5 Å². The first-order valence-electron chi connectivity index (χ1n) is 15.1. The van der Waals surface area contributed by atoms with E-state index in [2.05, 4.69) is 15.3 Å². The molecule has 1 unspecified atom stereocenters. The van der Waals surface area contributed by atoms with Gasteiger partial charge >= 0.3 is 5.69 Å². The number of aromatic nitrogens is 2. The molecule has 0 bridgehead atoms. The molecule has 44 heavy (non-hydrogen) atoms. The van der Waals surface area contributed by atoms with Crippen LogP contribution in [-0.4, -0.2) is 64.8 Å². The third kappa shape index (κ3) is 9.35. The molecule has 2 atom stereocenters. The molecule has 10 heteroatoms. The number of aromatic amines is 2. The van der Waals surface area contributed by atoms with E-state index in [0.717, 1.165) is 43.4 Å². The van der Waals surface area contributed by atoms with E-state index < -0.39 is 22.8 Å². The number of rotatable bonds is 18. The summed E-state index contributed by atoms with van der Waals surface area (Å²) in [5.41, 5.74) is 1.98. The number of ether oxygens (including phenoxy) is 2. The van der Waals surface area contributed by atoms with Gasteiger partial charge in [-0.15, -0.1) is 0 Å². The molecule has 1 heterocycles. The topological polar surface area (TPSA) is 157 Å². The van der Waals surface area contributed by atoms with Gasteiger partial charge in [-0.2, -0.15) is 0 Å². The first-order valence-corrected chi connectivity index (χ1v) is 15.1. The van der Waals surface area contributed by atoms with Crippen LogP contribution in [0.2, 0.25) is 0 Å².